The number of hydrogen-bond acceptors (Lipinski definition) is 4. The van der Waals surface area contributed by atoms with Crippen LogP contribution in [0, 0.1) is 0 Å². The Balaban J connectivity index is 0.982. The van der Waals surface area contributed by atoms with Gasteiger partial charge in [0.15, 0.2) is 17.5 Å². The Morgan fingerprint density at radius 1 is 0.448 bits per heavy atom. The van der Waals surface area contributed by atoms with E-state index >= 15 is 0 Å². The lowest BCUT2D eigenvalue weighted by molar-refractivity contribution is 0.669. The number of fused-ring (bicyclic) bond motifs is 6. The maximum absolute atomic E-state index is 6.49. The molecule has 2 aliphatic carbocycles. The molecular formula is C54H39N3O. The van der Waals surface area contributed by atoms with E-state index < -0.39 is 0 Å². The van der Waals surface area contributed by atoms with E-state index in [0.29, 0.717) is 17.5 Å². The zero-order valence-corrected chi connectivity index (χ0v) is 32.0. The number of aryl methyl sites for hydroxylation is 1. The average Bonchev–Trinajstić information content (AvgIpc) is 3.45. The van der Waals surface area contributed by atoms with Crippen molar-refractivity contribution in [2.75, 3.05) is 0 Å². The van der Waals surface area contributed by atoms with Crippen molar-refractivity contribution in [1.29, 1.82) is 0 Å². The van der Waals surface area contributed by atoms with Gasteiger partial charge in [0.05, 0.1) is 0 Å². The monoisotopic (exact) mass is 745 g/mol. The summed E-state index contributed by atoms with van der Waals surface area (Å²) < 4.78 is 6.49. The first-order chi connectivity index (χ1) is 28.7. The van der Waals surface area contributed by atoms with Gasteiger partial charge in [-0.15, -0.1) is 0 Å². The third kappa shape index (κ3) is 6.24. The second-order valence-corrected chi connectivity index (χ2v) is 15.3. The summed E-state index contributed by atoms with van der Waals surface area (Å²) in [5.41, 5.74) is 14.4. The van der Waals surface area contributed by atoms with Crippen molar-refractivity contribution in [3.8, 4) is 56.2 Å². The van der Waals surface area contributed by atoms with Crippen LogP contribution in [0.25, 0.3) is 101 Å². The highest BCUT2D eigenvalue weighted by Crippen LogP contribution is 2.39. The molecule has 0 amide bonds. The van der Waals surface area contributed by atoms with Gasteiger partial charge in [-0.2, -0.15) is 0 Å². The quantitative estimate of drug-likeness (QED) is 0.170. The van der Waals surface area contributed by atoms with Crippen LogP contribution in [-0.4, -0.2) is 15.0 Å². The summed E-state index contributed by atoms with van der Waals surface area (Å²) in [5.74, 6) is 1.95. The van der Waals surface area contributed by atoms with Gasteiger partial charge in [-0.3, -0.25) is 0 Å². The van der Waals surface area contributed by atoms with Crippen LogP contribution in [0.4, 0.5) is 0 Å². The van der Waals surface area contributed by atoms with Gasteiger partial charge in [-0.05, 0) is 112 Å². The Morgan fingerprint density at radius 2 is 1.14 bits per heavy atom. The molecule has 0 aliphatic heterocycles. The number of allylic oxidation sites excluding steroid dienone is 5. The predicted molar refractivity (Wildman–Crippen MR) is 240 cm³/mol. The van der Waals surface area contributed by atoms with Crippen molar-refractivity contribution >= 4 is 44.4 Å². The summed E-state index contributed by atoms with van der Waals surface area (Å²) in [4.78, 5) is 15.4. The summed E-state index contributed by atoms with van der Waals surface area (Å²) in [7, 11) is 0. The van der Waals surface area contributed by atoms with Crippen molar-refractivity contribution < 1.29 is 4.42 Å². The molecule has 0 atom stereocenters. The molecule has 0 spiro atoms. The summed E-state index contributed by atoms with van der Waals surface area (Å²) in [6, 6.07) is 51.9. The lowest BCUT2D eigenvalue weighted by Crippen LogP contribution is -2.02. The molecular weight excluding hydrogens is 707 g/mol. The molecule has 4 nitrogen and oxygen atoms in total. The van der Waals surface area contributed by atoms with Gasteiger partial charge in [-0.1, -0.05) is 152 Å². The standard InChI is InChI=1S/C54H39N3O/c1-2-5-15-40(14-4-1)52-55-53(41-26-23-36(24-27-41)35-11-6-3-7-12-35)57-54(56-52)47-17-10-18-50-51(47)48-34-43(30-32-49(48)58-50)38-21-19-37(20-22-38)42-29-31-46-44(33-42)28-25-39-13-8-9-16-45(39)46/h3-4,6-8,10-15,17-34H,1-2,5,9,16H2. The number of nitrogens with zero attached hydrogens (tertiary/aromatic N) is 3. The largest absolute Gasteiger partial charge is 0.456 e. The van der Waals surface area contributed by atoms with E-state index in [9.17, 15) is 0 Å². The minimum Gasteiger partial charge on any atom is -0.456 e. The maximum Gasteiger partial charge on any atom is 0.164 e. The molecule has 0 N–H and O–H groups in total. The van der Waals surface area contributed by atoms with Crippen molar-refractivity contribution in [3.63, 3.8) is 0 Å². The summed E-state index contributed by atoms with van der Waals surface area (Å²) >= 11 is 0. The van der Waals surface area contributed by atoms with E-state index in [0.717, 1.165) is 87.4 Å². The highest BCUT2D eigenvalue weighted by Gasteiger charge is 2.19. The van der Waals surface area contributed by atoms with Gasteiger partial charge in [0, 0.05) is 27.5 Å². The first-order valence-electron chi connectivity index (χ1n) is 20.3. The summed E-state index contributed by atoms with van der Waals surface area (Å²) in [6.45, 7) is 0. The van der Waals surface area contributed by atoms with Crippen molar-refractivity contribution in [2.45, 2.75) is 32.1 Å². The van der Waals surface area contributed by atoms with Crippen molar-refractivity contribution in [2.24, 2.45) is 0 Å². The topological polar surface area (TPSA) is 51.8 Å². The van der Waals surface area contributed by atoms with E-state index in [1.54, 1.807) is 0 Å². The van der Waals surface area contributed by atoms with Crippen LogP contribution in [0.1, 0.15) is 42.6 Å². The molecule has 0 saturated carbocycles. The normalized spacial score (nSPS) is 13.8. The number of aromatic nitrogens is 3. The molecule has 7 aromatic carbocycles. The molecule has 0 radical (unpaired) electrons. The van der Waals surface area contributed by atoms with Gasteiger partial charge in [0.25, 0.3) is 0 Å². The van der Waals surface area contributed by atoms with Gasteiger partial charge in [0.1, 0.15) is 11.2 Å². The van der Waals surface area contributed by atoms with Crippen molar-refractivity contribution in [3.05, 3.63) is 187 Å². The minimum atomic E-state index is 0.626. The molecule has 0 saturated heterocycles. The zero-order valence-electron chi connectivity index (χ0n) is 32.0. The molecule has 0 bridgehead atoms. The van der Waals surface area contributed by atoms with E-state index in [1.165, 1.54) is 38.6 Å². The molecule has 0 unspecified atom stereocenters. The Hall–Kier alpha value is -7.17. The van der Waals surface area contributed by atoms with Crippen LogP contribution in [0.3, 0.4) is 0 Å². The third-order valence-corrected chi connectivity index (χ3v) is 11.7. The first-order valence-corrected chi connectivity index (χ1v) is 20.3. The highest BCUT2D eigenvalue weighted by atomic mass is 16.3. The van der Waals surface area contributed by atoms with Crippen LogP contribution in [0.15, 0.2) is 174 Å². The Morgan fingerprint density at radius 3 is 1.98 bits per heavy atom. The second kappa shape index (κ2) is 14.4. The molecule has 2 aromatic heterocycles. The van der Waals surface area contributed by atoms with Crippen LogP contribution < -0.4 is 0 Å². The first kappa shape index (κ1) is 34.1. The lowest BCUT2D eigenvalue weighted by Gasteiger charge is -2.14. The molecule has 58 heavy (non-hydrogen) atoms. The lowest BCUT2D eigenvalue weighted by atomic mass is 9.90. The fourth-order valence-corrected chi connectivity index (χ4v) is 8.65. The smallest absolute Gasteiger partial charge is 0.164 e. The van der Waals surface area contributed by atoms with Crippen LogP contribution in [0.2, 0.25) is 0 Å². The molecule has 4 heteroatoms. The molecule has 276 valence electrons. The minimum absolute atomic E-state index is 0.626. The van der Waals surface area contributed by atoms with Crippen LogP contribution in [0.5, 0.6) is 0 Å². The molecule has 2 aliphatic rings. The summed E-state index contributed by atoms with van der Waals surface area (Å²) in [6.07, 6.45) is 16.5. The fraction of sp³-hybridized carbons (Fsp3) is 0.0926. The van der Waals surface area contributed by atoms with E-state index in [-0.39, 0.29) is 0 Å². The van der Waals surface area contributed by atoms with Crippen LogP contribution >= 0.6 is 0 Å². The molecule has 0 fully saturated rings. The Bertz CT molecular complexity index is 3110. The highest BCUT2D eigenvalue weighted by molar-refractivity contribution is 6.12. The molecule has 2 heterocycles. The van der Waals surface area contributed by atoms with Gasteiger partial charge < -0.3 is 4.42 Å². The maximum atomic E-state index is 6.49. The predicted octanol–water partition coefficient (Wildman–Crippen LogP) is 14.3. The number of rotatable bonds is 6. The Labute approximate surface area is 337 Å². The second-order valence-electron chi connectivity index (χ2n) is 15.3. The van der Waals surface area contributed by atoms with Gasteiger partial charge >= 0.3 is 0 Å². The zero-order chi connectivity index (χ0) is 38.4. The van der Waals surface area contributed by atoms with E-state index in [4.69, 9.17) is 19.4 Å². The Kier molecular flexibility index (Phi) is 8.47. The third-order valence-electron chi connectivity index (χ3n) is 11.7. The SMILES string of the molecule is C1=CC(c2nc(-c3ccc(-c4ccccc4)cc3)nc(-c3cccc4oc5ccc(-c6ccc(-c7ccc8c9c(ccc8c7)C=CCC9)cc6)cc5c34)n2)=CCCC1. The summed E-state index contributed by atoms with van der Waals surface area (Å²) in [5, 5.41) is 4.69. The van der Waals surface area contributed by atoms with E-state index in [2.05, 4.69) is 158 Å². The number of hydrogen-bond donors (Lipinski definition) is 0. The number of furan rings is 1. The fourth-order valence-electron chi connectivity index (χ4n) is 8.65. The molecule has 11 rings (SSSR count). The van der Waals surface area contributed by atoms with Gasteiger partial charge in [0.2, 0.25) is 0 Å². The van der Waals surface area contributed by atoms with Crippen LogP contribution in [-0.2, 0) is 6.42 Å². The average molecular weight is 746 g/mol. The van der Waals surface area contributed by atoms with Gasteiger partial charge in [-0.25, -0.2) is 15.0 Å². The molecule has 9 aromatic rings. The van der Waals surface area contributed by atoms with E-state index in [1.807, 2.05) is 18.2 Å². The number of benzene rings is 7. The van der Waals surface area contributed by atoms with Crippen molar-refractivity contribution in [1.82, 2.24) is 15.0 Å².